The summed E-state index contributed by atoms with van der Waals surface area (Å²) in [4.78, 5) is 21.8. The molecular formula is C10H14ClN3O3. The zero-order valence-electron chi connectivity index (χ0n) is 9.64. The molecule has 94 valence electrons. The molecule has 1 unspecified atom stereocenters. The molecule has 0 aliphatic heterocycles. The van der Waals surface area contributed by atoms with E-state index in [4.69, 9.17) is 11.6 Å². The molecule has 0 aliphatic rings. The third-order valence-corrected chi connectivity index (χ3v) is 2.92. The van der Waals surface area contributed by atoms with Crippen LogP contribution in [0.2, 0.25) is 0 Å². The Balaban J connectivity index is 2.73. The molecule has 0 saturated heterocycles. The predicted molar refractivity (Wildman–Crippen MR) is 64.3 cm³/mol. The van der Waals surface area contributed by atoms with Gasteiger partial charge in [-0.2, -0.15) is 0 Å². The van der Waals surface area contributed by atoms with Gasteiger partial charge in [0.05, 0.1) is 7.05 Å². The molecule has 17 heavy (non-hydrogen) atoms. The maximum atomic E-state index is 11.7. The summed E-state index contributed by atoms with van der Waals surface area (Å²) >= 11 is 5.61. The lowest BCUT2D eigenvalue weighted by Crippen LogP contribution is -2.30. The molecule has 1 N–H and O–H groups in total. The summed E-state index contributed by atoms with van der Waals surface area (Å²) in [7, 11) is 1.48. The van der Waals surface area contributed by atoms with Gasteiger partial charge in [0.2, 0.25) is 0 Å². The number of carbonyl (C=O) groups is 1. The maximum Gasteiger partial charge on any atom is 0.323 e. The first-order valence-corrected chi connectivity index (χ1v) is 5.65. The molecule has 1 rings (SSSR count). The molecule has 1 aromatic heterocycles. The van der Waals surface area contributed by atoms with Crippen LogP contribution in [0.3, 0.4) is 0 Å². The van der Waals surface area contributed by atoms with E-state index in [-0.39, 0.29) is 23.3 Å². The number of alkyl halides is 1. The second-order valence-electron chi connectivity index (χ2n) is 3.86. The Labute approximate surface area is 104 Å². The predicted octanol–water partition coefficient (Wildman–Crippen LogP) is 1.54. The molecule has 0 fully saturated rings. The zero-order valence-corrected chi connectivity index (χ0v) is 10.4. The minimum Gasteiger partial charge on any atom is -0.358 e. The summed E-state index contributed by atoms with van der Waals surface area (Å²) in [5, 5.41) is 13.3. The third kappa shape index (κ3) is 3.20. The number of halogens is 1. The van der Waals surface area contributed by atoms with E-state index in [1.165, 1.54) is 23.7 Å². The van der Waals surface area contributed by atoms with Crippen molar-refractivity contribution in [1.82, 2.24) is 9.88 Å². The average Bonchev–Trinajstić information content (AvgIpc) is 2.67. The Kier molecular flexibility index (Phi) is 4.51. The second kappa shape index (κ2) is 5.67. The van der Waals surface area contributed by atoms with Gasteiger partial charge in [-0.05, 0) is 16.9 Å². The van der Waals surface area contributed by atoms with Gasteiger partial charge in [0.1, 0.15) is 0 Å². The van der Waals surface area contributed by atoms with Crippen LogP contribution in [0.25, 0.3) is 0 Å². The van der Waals surface area contributed by atoms with Gasteiger partial charge in [0.25, 0.3) is 5.91 Å². The largest absolute Gasteiger partial charge is 0.358 e. The van der Waals surface area contributed by atoms with E-state index in [1.54, 1.807) is 0 Å². The molecular weight excluding hydrogens is 246 g/mol. The Morgan fingerprint density at radius 1 is 1.65 bits per heavy atom. The normalized spacial score (nSPS) is 12.2. The molecule has 0 aliphatic carbocycles. The summed E-state index contributed by atoms with van der Waals surface area (Å²) < 4.78 is 1.25. The fourth-order valence-corrected chi connectivity index (χ4v) is 1.43. The number of amides is 1. The van der Waals surface area contributed by atoms with E-state index in [2.05, 4.69) is 5.32 Å². The third-order valence-electron chi connectivity index (χ3n) is 2.39. The number of carbonyl (C=O) groups excluding carboxylic acids is 1. The van der Waals surface area contributed by atoms with Crippen LogP contribution in [-0.4, -0.2) is 27.8 Å². The highest BCUT2D eigenvalue weighted by atomic mass is 35.5. The van der Waals surface area contributed by atoms with E-state index >= 15 is 0 Å². The van der Waals surface area contributed by atoms with Crippen LogP contribution < -0.4 is 5.32 Å². The van der Waals surface area contributed by atoms with Crippen LogP contribution >= 0.6 is 11.6 Å². The fraction of sp³-hybridized carbons (Fsp3) is 0.500. The van der Waals surface area contributed by atoms with Crippen molar-refractivity contribution in [2.24, 2.45) is 13.0 Å². The summed E-state index contributed by atoms with van der Waals surface area (Å²) in [5.74, 6) is 0.169. The zero-order chi connectivity index (χ0) is 13.0. The summed E-state index contributed by atoms with van der Waals surface area (Å²) in [6.07, 6.45) is 0. The van der Waals surface area contributed by atoms with Gasteiger partial charge >= 0.3 is 5.82 Å². The highest BCUT2D eigenvalue weighted by Gasteiger charge is 2.20. The number of hydrogen-bond donors (Lipinski definition) is 1. The van der Waals surface area contributed by atoms with Gasteiger partial charge in [-0.1, -0.05) is 6.92 Å². The summed E-state index contributed by atoms with van der Waals surface area (Å²) in [5.41, 5.74) is 0.262. The minimum atomic E-state index is -0.530. The van der Waals surface area contributed by atoms with Crippen LogP contribution in [0.4, 0.5) is 5.82 Å². The summed E-state index contributed by atoms with van der Waals surface area (Å²) in [6, 6.07) is 2.73. The van der Waals surface area contributed by atoms with Gasteiger partial charge in [0.15, 0.2) is 5.69 Å². The lowest BCUT2D eigenvalue weighted by atomic mass is 10.2. The van der Waals surface area contributed by atoms with Crippen molar-refractivity contribution >= 4 is 23.3 Å². The second-order valence-corrected chi connectivity index (χ2v) is 4.17. The van der Waals surface area contributed by atoms with E-state index in [1.807, 2.05) is 6.92 Å². The van der Waals surface area contributed by atoms with E-state index < -0.39 is 4.92 Å². The molecule has 6 nitrogen and oxygen atoms in total. The smallest absolute Gasteiger partial charge is 0.323 e. The van der Waals surface area contributed by atoms with Crippen molar-refractivity contribution in [2.75, 3.05) is 12.4 Å². The SMILES string of the molecule is CC(CCl)CNC(=O)c1ccc([N+](=O)[O-])n1C. The van der Waals surface area contributed by atoms with Crippen LogP contribution in [-0.2, 0) is 7.05 Å². The molecule has 1 atom stereocenters. The standard InChI is InChI=1S/C10H14ClN3O3/c1-7(5-11)6-12-10(15)8-3-4-9(13(8)2)14(16)17/h3-4,7H,5-6H2,1-2H3,(H,12,15). The average molecular weight is 260 g/mol. The highest BCUT2D eigenvalue weighted by molar-refractivity contribution is 6.18. The van der Waals surface area contributed by atoms with Gasteiger partial charge in [-0.25, -0.2) is 4.57 Å². The van der Waals surface area contributed by atoms with Gasteiger partial charge in [-0.15, -0.1) is 11.6 Å². The Morgan fingerprint density at radius 2 is 2.29 bits per heavy atom. The number of nitrogens with one attached hydrogen (secondary N) is 1. The molecule has 1 amide bonds. The lowest BCUT2D eigenvalue weighted by molar-refractivity contribution is -0.391. The quantitative estimate of drug-likeness (QED) is 0.495. The van der Waals surface area contributed by atoms with Crippen molar-refractivity contribution in [3.05, 3.63) is 27.9 Å². The number of rotatable bonds is 5. The molecule has 1 aromatic rings. The van der Waals surface area contributed by atoms with Crippen molar-refractivity contribution < 1.29 is 9.72 Å². The first-order valence-electron chi connectivity index (χ1n) is 5.11. The Hall–Kier alpha value is -1.56. The van der Waals surface area contributed by atoms with Gasteiger partial charge < -0.3 is 15.4 Å². The molecule has 7 heteroatoms. The minimum absolute atomic E-state index is 0.111. The van der Waals surface area contributed by atoms with Crippen molar-refractivity contribution in [2.45, 2.75) is 6.92 Å². The van der Waals surface area contributed by atoms with Crippen LogP contribution in [0, 0.1) is 16.0 Å². The van der Waals surface area contributed by atoms with Crippen LogP contribution in [0.15, 0.2) is 12.1 Å². The molecule has 1 heterocycles. The van der Waals surface area contributed by atoms with Crippen molar-refractivity contribution in [3.8, 4) is 0 Å². The number of hydrogen-bond acceptors (Lipinski definition) is 3. The summed E-state index contributed by atoms with van der Waals surface area (Å²) in [6.45, 7) is 2.35. The van der Waals surface area contributed by atoms with Gasteiger partial charge in [0, 0.05) is 18.5 Å². The molecule has 0 bridgehead atoms. The fourth-order valence-electron chi connectivity index (χ4n) is 1.32. The van der Waals surface area contributed by atoms with E-state index in [0.29, 0.717) is 12.4 Å². The number of aromatic nitrogens is 1. The number of nitro groups is 1. The first-order chi connectivity index (χ1) is 7.97. The lowest BCUT2D eigenvalue weighted by Gasteiger charge is -2.08. The Morgan fingerprint density at radius 3 is 2.76 bits per heavy atom. The van der Waals surface area contributed by atoms with Gasteiger partial charge in [-0.3, -0.25) is 4.79 Å². The topological polar surface area (TPSA) is 77.2 Å². The molecule has 0 saturated carbocycles. The van der Waals surface area contributed by atoms with E-state index in [0.717, 1.165) is 0 Å². The molecule has 0 spiro atoms. The van der Waals surface area contributed by atoms with Crippen LogP contribution in [0.5, 0.6) is 0 Å². The molecule has 0 aromatic carbocycles. The maximum absolute atomic E-state index is 11.7. The van der Waals surface area contributed by atoms with Crippen molar-refractivity contribution in [3.63, 3.8) is 0 Å². The van der Waals surface area contributed by atoms with Crippen molar-refractivity contribution in [1.29, 1.82) is 0 Å². The monoisotopic (exact) mass is 259 g/mol. The van der Waals surface area contributed by atoms with Crippen LogP contribution in [0.1, 0.15) is 17.4 Å². The number of nitrogens with zero attached hydrogens (tertiary/aromatic N) is 2. The Bertz CT molecular complexity index is 430. The molecule has 0 radical (unpaired) electrons. The highest BCUT2D eigenvalue weighted by Crippen LogP contribution is 2.14. The van der Waals surface area contributed by atoms with E-state index in [9.17, 15) is 14.9 Å². The first kappa shape index (κ1) is 13.5.